The maximum absolute atomic E-state index is 12.4. The van der Waals surface area contributed by atoms with E-state index in [9.17, 15) is 9.59 Å². The van der Waals surface area contributed by atoms with Gasteiger partial charge in [-0.15, -0.1) is 11.8 Å². The van der Waals surface area contributed by atoms with Crippen LogP contribution in [0.1, 0.15) is 20.3 Å². The van der Waals surface area contributed by atoms with E-state index in [1.54, 1.807) is 42.0 Å². The third-order valence-corrected chi connectivity index (χ3v) is 4.58. The molecule has 7 nitrogen and oxygen atoms in total. The number of nitrogens with zero attached hydrogens (tertiary/aromatic N) is 3. The zero-order valence-electron chi connectivity index (χ0n) is 14.0. The van der Waals surface area contributed by atoms with Crippen LogP contribution in [0.15, 0.2) is 30.1 Å². The molecule has 130 valence electrons. The number of rotatable bonds is 7. The van der Waals surface area contributed by atoms with Gasteiger partial charge in [-0.1, -0.05) is 13.0 Å². The number of aromatic nitrogens is 2. The Kier molecular flexibility index (Phi) is 7.05. The van der Waals surface area contributed by atoms with Gasteiger partial charge in [-0.25, -0.2) is 9.97 Å². The predicted octanol–water partition coefficient (Wildman–Crippen LogP) is 1.26. The van der Waals surface area contributed by atoms with Crippen LogP contribution in [-0.2, 0) is 9.59 Å². The summed E-state index contributed by atoms with van der Waals surface area (Å²) < 4.78 is 0. The monoisotopic (exact) mass is 349 g/mol. The predicted molar refractivity (Wildman–Crippen MR) is 95.5 cm³/mol. The molecule has 2 rings (SSSR count). The fraction of sp³-hybridized carbons (Fsp3) is 0.500. The molecule has 0 aliphatic carbocycles. The molecule has 0 spiro atoms. The molecule has 0 aromatic carbocycles. The van der Waals surface area contributed by atoms with Crippen molar-refractivity contribution in [2.24, 2.45) is 0 Å². The molecule has 1 atom stereocenters. The van der Waals surface area contributed by atoms with Crippen molar-refractivity contribution in [3.05, 3.63) is 30.1 Å². The lowest BCUT2D eigenvalue weighted by Gasteiger charge is -2.23. The van der Waals surface area contributed by atoms with Crippen molar-refractivity contribution in [1.29, 1.82) is 0 Å². The van der Waals surface area contributed by atoms with Gasteiger partial charge in [0.15, 0.2) is 0 Å². The number of anilines is 1. The smallest absolute Gasteiger partial charge is 0.250 e. The number of hydrogen-bond donors (Lipinski definition) is 2. The van der Waals surface area contributed by atoms with Gasteiger partial charge >= 0.3 is 0 Å². The summed E-state index contributed by atoms with van der Waals surface area (Å²) in [5.74, 6) is 1.54. The van der Waals surface area contributed by atoms with Crippen LogP contribution in [0.2, 0.25) is 0 Å². The first-order valence-electron chi connectivity index (χ1n) is 7.97. The van der Waals surface area contributed by atoms with Gasteiger partial charge in [-0.3, -0.25) is 9.59 Å². The Morgan fingerprint density at radius 3 is 2.83 bits per heavy atom. The molecule has 1 aliphatic heterocycles. The molecule has 1 aliphatic rings. The summed E-state index contributed by atoms with van der Waals surface area (Å²) in [6, 6.07) is 1.33. The van der Waals surface area contributed by atoms with E-state index in [1.807, 2.05) is 13.0 Å². The Bertz CT molecular complexity index is 593. The summed E-state index contributed by atoms with van der Waals surface area (Å²) in [6.07, 6.45) is 6.01. The Balaban J connectivity index is 1.80. The Labute approximate surface area is 146 Å². The van der Waals surface area contributed by atoms with Crippen LogP contribution in [0, 0.1) is 0 Å². The largest absolute Gasteiger partial charge is 0.353 e. The average Bonchev–Trinajstić information content (AvgIpc) is 3.08. The summed E-state index contributed by atoms with van der Waals surface area (Å²) >= 11 is 1.60. The molecule has 0 radical (unpaired) electrons. The van der Waals surface area contributed by atoms with E-state index in [-0.39, 0.29) is 11.8 Å². The molecule has 0 bridgehead atoms. The van der Waals surface area contributed by atoms with Crippen LogP contribution in [0.5, 0.6) is 0 Å². The highest BCUT2D eigenvalue weighted by molar-refractivity contribution is 7.99. The van der Waals surface area contributed by atoms with Crippen LogP contribution < -0.4 is 10.6 Å². The maximum Gasteiger partial charge on any atom is 0.250 e. The molecule has 24 heavy (non-hydrogen) atoms. The van der Waals surface area contributed by atoms with Gasteiger partial charge in [0, 0.05) is 36.8 Å². The van der Waals surface area contributed by atoms with E-state index in [1.165, 1.54) is 0 Å². The number of carbonyl (C=O) groups excluding carboxylic acids is 2. The Morgan fingerprint density at radius 1 is 1.38 bits per heavy atom. The van der Waals surface area contributed by atoms with Gasteiger partial charge in [0.1, 0.15) is 6.04 Å². The third-order valence-electron chi connectivity index (χ3n) is 3.57. The summed E-state index contributed by atoms with van der Waals surface area (Å²) in [7, 11) is 0. The van der Waals surface area contributed by atoms with Crippen LogP contribution >= 0.6 is 11.8 Å². The minimum Gasteiger partial charge on any atom is -0.353 e. The number of thioether (sulfide) groups is 1. The van der Waals surface area contributed by atoms with Crippen molar-refractivity contribution in [2.75, 3.05) is 30.0 Å². The molecular weight excluding hydrogens is 326 g/mol. The molecule has 2 N–H and O–H groups in total. The van der Waals surface area contributed by atoms with E-state index in [0.29, 0.717) is 36.2 Å². The van der Waals surface area contributed by atoms with Crippen molar-refractivity contribution in [3.8, 4) is 0 Å². The van der Waals surface area contributed by atoms with Gasteiger partial charge in [0.05, 0.1) is 5.88 Å². The molecule has 2 heterocycles. The first-order chi connectivity index (χ1) is 11.6. The summed E-state index contributed by atoms with van der Waals surface area (Å²) in [5.41, 5.74) is 0.695. The van der Waals surface area contributed by atoms with E-state index < -0.39 is 6.04 Å². The second-order valence-corrected chi connectivity index (χ2v) is 6.38. The number of amides is 2. The topological polar surface area (TPSA) is 87.2 Å². The van der Waals surface area contributed by atoms with Crippen molar-refractivity contribution >= 4 is 29.5 Å². The minimum atomic E-state index is -0.407. The standard InChI is InChI=1S/C16H23N5O2S/c1-3-5-12(2)15(23)21-11-24-10-13(21)14(22)17-8-9-20-16-18-6-4-7-19-16/h4-7,13H,3,8-11H2,1-2H3,(H,17,22)(H,18,19,20)/b12-5+. The lowest BCUT2D eigenvalue weighted by atomic mass is 10.2. The second kappa shape index (κ2) is 9.27. The van der Waals surface area contributed by atoms with Gasteiger partial charge in [-0.2, -0.15) is 0 Å². The molecule has 1 unspecified atom stereocenters. The van der Waals surface area contributed by atoms with Gasteiger partial charge < -0.3 is 15.5 Å². The number of hydrogen-bond acceptors (Lipinski definition) is 6. The van der Waals surface area contributed by atoms with Crippen molar-refractivity contribution in [2.45, 2.75) is 26.3 Å². The number of nitrogens with one attached hydrogen (secondary N) is 2. The first-order valence-corrected chi connectivity index (χ1v) is 9.13. The second-order valence-electron chi connectivity index (χ2n) is 5.38. The quantitative estimate of drug-likeness (QED) is 0.569. The highest BCUT2D eigenvalue weighted by Crippen LogP contribution is 2.23. The fourth-order valence-corrected chi connectivity index (χ4v) is 3.50. The van der Waals surface area contributed by atoms with Crippen LogP contribution in [0.3, 0.4) is 0 Å². The van der Waals surface area contributed by atoms with Crippen molar-refractivity contribution in [3.63, 3.8) is 0 Å². The molecule has 8 heteroatoms. The van der Waals surface area contributed by atoms with Gasteiger partial charge in [0.2, 0.25) is 11.9 Å². The SMILES string of the molecule is CC/C=C(\C)C(=O)N1CSCC1C(=O)NCCNc1ncccn1. The van der Waals surface area contributed by atoms with Crippen LogP contribution in [0.4, 0.5) is 5.95 Å². The molecule has 0 saturated carbocycles. The highest BCUT2D eigenvalue weighted by Gasteiger charge is 2.34. The van der Waals surface area contributed by atoms with Crippen LogP contribution in [0.25, 0.3) is 0 Å². The highest BCUT2D eigenvalue weighted by atomic mass is 32.2. The Morgan fingerprint density at radius 2 is 2.12 bits per heavy atom. The van der Waals surface area contributed by atoms with E-state index in [4.69, 9.17) is 0 Å². The maximum atomic E-state index is 12.4. The zero-order chi connectivity index (χ0) is 17.4. The van der Waals surface area contributed by atoms with Crippen LogP contribution in [-0.4, -0.2) is 57.4 Å². The van der Waals surface area contributed by atoms with Gasteiger partial charge in [0.25, 0.3) is 5.91 Å². The molecule has 1 saturated heterocycles. The average molecular weight is 349 g/mol. The van der Waals surface area contributed by atoms with E-state index >= 15 is 0 Å². The molecule has 1 aromatic heterocycles. The third kappa shape index (κ3) is 4.95. The Hall–Kier alpha value is -2.09. The van der Waals surface area contributed by atoms with Crippen molar-refractivity contribution in [1.82, 2.24) is 20.2 Å². The molecule has 1 fully saturated rings. The zero-order valence-corrected chi connectivity index (χ0v) is 14.8. The molecule has 2 amide bonds. The number of carbonyl (C=O) groups is 2. The lowest BCUT2D eigenvalue weighted by Crippen LogP contribution is -2.48. The lowest BCUT2D eigenvalue weighted by molar-refractivity contribution is -0.135. The number of allylic oxidation sites excluding steroid dienone is 1. The van der Waals surface area contributed by atoms with Gasteiger partial charge in [-0.05, 0) is 19.4 Å². The normalized spacial score (nSPS) is 17.7. The minimum absolute atomic E-state index is 0.0576. The van der Waals surface area contributed by atoms with E-state index in [2.05, 4.69) is 20.6 Å². The molecule has 1 aromatic rings. The van der Waals surface area contributed by atoms with Crippen molar-refractivity contribution < 1.29 is 9.59 Å². The fourth-order valence-electron chi connectivity index (χ4n) is 2.35. The first kappa shape index (κ1) is 18.3. The van der Waals surface area contributed by atoms with E-state index in [0.717, 1.165) is 6.42 Å². The molecular formula is C16H23N5O2S. The summed E-state index contributed by atoms with van der Waals surface area (Å²) in [4.78, 5) is 34.5. The summed E-state index contributed by atoms with van der Waals surface area (Å²) in [5, 5.41) is 5.89. The summed E-state index contributed by atoms with van der Waals surface area (Å²) in [6.45, 7) is 4.76.